The highest BCUT2D eigenvalue weighted by molar-refractivity contribution is 6.05. The van der Waals surface area contributed by atoms with Crippen LogP contribution in [0.5, 0.6) is 0 Å². The van der Waals surface area contributed by atoms with Gasteiger partial charge >= 0.3 is 0 Å². The zero-order valence-electron chi connectivity index (χ0n) is 15.1. The van der Waals surface area contributed by atoms with E-state index in [1.54, 1.807) is 48.7 Å². The number of anilines is 2. The van der Waals surface area contributed by atoms with Crippen molar-refractivity contribution in [2.24, 2.45) is 0 Å². The molecule has 1 aromatic carbocycles. The lowest BCUT2D eigenvalue weighted by Gasteiger charge is -2.15. The Morgan fingerprint density at radius 1 is 1.19 bits per heavy atom. The number of carbonyl (C=O) groups excluding carboxylic acids is 1. The highest BCUT2D eigenvalue weighted by Crippen LogP contribution is 2.26. The first-order valence-electron chi connectivity index (χ1n) is 8.59. The molecule has 0 saturated carbocycles. The van der Waals surface area contributed by atoms with Gasteiger partial charge in [-0.15, -0.1) is 0 Å². The number of hydrogen-bond acceptors (Lipinski definition) is 6. The van der Waals surface area contributed by atoms with Gasteiger partial charge in [0.05, 0.1) is 17.9 Å². The summed E-state index contributed by atoms with van der Waals surface area (Å²) >= 11 is 0. The van der Waals surface area contributed by atoms with Gasteiger partial charge in [-0.25, -0.2) is 4.68 Å². The Morgan fingerprint density at radius 2 is 1.93 bits per heavy atom. The van der Waals surface area contributed by atoms with Gasteiger partial charge in [0.15, 0.2) is 5.78 Å². The van der Waals surface area contributed by atoms with Crippen molar-refractivity contribution in [2.45, 2.75) is 27.0 Å². The van der Waals surface area contributed by atoms with Crippen molar-refractivity contribution in [1.29, 1.82) is 0 Å². The highest BCUT2D eigenvalue weighted by Gasteiger charge is 2.22. The van der Waals surface area contributed by atoms with Gasteiger partial charge in [0.2, 0.25) is 0 Å². The lowest BCUT2D eigenvalue weighted by Crippen LogP contribution is -2.28. The van der Waals surface area contributed by atoms with Crippen LogP contribution in [0, 0.1) is 0 Å². The highest BCUT2D eigenvalue weighted by atomic mass is 16.3. The third-order valence-electron chi connectivity index (χ3n) is 4.12. The Balaban J connectivity index is 2.21. The summed E-state index contributed by atoms with van der Waals surface area (Å²) in [4.78, 5) is 29.6. The third kappa shape index (κ3) is 3.78. The molecule has 3 aromatic rings. The summed E-state index contributed by atoms with van der Waals surface area (Å²) in [6, 6.07) is 12.3. The number of nitrogens with one attached hydrogen (secondary N) is 1. The van der Waals surface area contributed by atoms with Crippen LogP contribution >= 0.6 is 0 Å². The summed E-state index contributed by atoms with van der Waals surface area (Å²) < 4.78 is 1.31. The van der Waals surface area contributed by atoms with Crippen LogP contribution in [0.3, 0.4) is 0 Å². The Hall–Kier alpha value is -3.32. The first-order chi connectivity index (χ1) is 13.0. The topological polar surface area (TPSA) is 97.1 Å². The monoisotopic (exact) mass is 364 g/mol. The summed E-state index contributed by atoms with van der Waals surface area (Å²) in [6.45, 7) is 3.50. The summed E-state index contributed by atoms with van der Waals surface area (Å²) in [5.41, 5.74) is 2.25. The van der Waals surface area contributed by atoms with E-state index in [1.807, 2.05) is 6.92 Å². The fourth-order valence-electron chi connectivity index (χ4n) is 2.76. The van der Waals surface area contributed by atoms with Crippen molar-refractivity contribution in [3.05, 3.63) is 70.1 Å². The zero-order valence-corrected chi connectivity index (χ0v) is 15.1. The SMILES string of the molecule is CCn1nc(-c2ccccn2)c(C(C)=O)c(Nc2ccc(CO)cc2)c1=O. The van der Waals surface area contributed by atoms with Crippen molar-refractivity contribution in [2.75, 3.05) is 5.32 Å². The minimum Gasteiger partial charge on any atom is -0.392 e. The second kappa shape index (κ2) is 7.92. The molecule has 0 bridgehead atoms. The molecule has 0 saturated heterocycles. The number of aliphatic hydroxyl groups excluding tert-OH is 1. The number of carbonyl (C=O) groups is 1. The van der Waals surface area contributed by atoms with Crippen LogP contribution in [0.25, 0.3) is 11.4 Å². The van der Waals surface area contributed by atoms with E-state index in [-0.39, 0.29) is 29.2 Å². The summed E-state index contributed by atoms with van der Waals surface area (Å²) in [5.74, 6) is -0.280. The molecule has 0 unspecified atom stereocenters. The Labute approximate surface area is 156 Å². The molecule has 0 spiro atoms. The molecule has 27 heavy (non-hydrogen) atoms. The van der Waals surface area contributed by atoms with Crippen molar-refractivity contribution >= 4 is 17.2 Å². The number of hydrogen-bond donors (Lipinski definition) is 2. The van der Waals surface area contributed by atoms with Crippen LogP contribution < -0.4 is 10.9 Å². The number of aromatic nitrogens is 3. The molecule has 7 nitrogen and oxygen atoms in total. The standard InChI is InChI=1S/C20H20N4O3/c1-3-24-20(27)19(22-15-9-7-14(12-25)8-10-15)17(13(2)26)18(23-24)16-6-4-5-11-21-16/h4-11,22,25H,3,12H2,1-2H3. The number of benzene rings is 1. The molecule has 2 aromatic heterocycles. The van der Waals surface area contributed by atoms with Crippen LogP contribution in [-0.4, -0.2) is 25.7 Å². The first-order valence-corrected chi connectivity index (χ1v) is 8.59. The Kier molecular flexibility index (Phi) is 5.42. The van der Waals surface area contributed by atoms with Gasteiger partial charge in [-0.3, -0.25) is 14.6 Å². The van der Waals surface area contributed by atoms with Crippen molar-refractivity contribution in [3.63, 3.8) is 0 Å². The van der Waals surface area contributed by atoms with Gasteiger partial charge in [0.25, 0.3) is 5.56 Å². The molecule has 0 atom stereocenters. The molecular weight excluding hydrogens is 344 g/mol. The Bertz CT molecular complexity index is 1010. The van der Waals surface area contributed by atoms with E-state index in [0.717, 1.165) is 5.56 Å². The molecule has 0 amide bonds. The van der Waals surface area contributed by atoms with Crippen molar-refractivity contribution in [1.82, 2.24) is 14.8 Å². The molecule has 2 N–H and O–H groups in total. The van der Waals surface area contributed by atoms with Gasteiger partial charge in [-0.1, -0.05) is 18.2 Å². The van der Waals surface area contributed by atoms with Gasteiger partial charge in [-0.05, 0) is 43.7 Å². The molecule has 7 heteroatoms. The van der Waals surface area contributed by atoms with Crippen molar-refractivity contribution in [3.8, 4) is 11.4 Å². The smallest absolute Gasteiger partial charge is 0.291 e. The van der Waals surface area contributed by atoms with E-state index in [0.29, 0.717) is 23.6 Å². The minimum atomic E-state index is -0.381. The van der Waals surface area contributed by atoms with Gasteiger partial charge in [0, 0.05) is 18.4 Å². The second-order valence-corrected chi connectivity index (χ2v) is 5.97. The minimum absolute atomic E-state index is 0.0688. The van der Waals surface area contributed by atoms with Crippen molar-refractivity contribution < 1.29 is 9.90 Å². The fraction of sp³-hybridized carbons (Fsp3) is 0.200. The second-order valence-electron chi connectivity index (χ2n) is 5.97. The third-order valence-corrected chi connectivity index (χ3v) is 4.12. The Morgan fingerprint density at radius 3 is 2.48 bits per heavy atom. The van der Waals surface area contributed by atoms with E-state index in [9.17, 15) is 14.7 Å². The maximum atomic E-state index is 12.9. The largest absolute Gasteiger partial charge is 0.392 e. The normalized spacial score (nSPS) is 10.6. The molecule has 0 aliphatic heterocycles. The number of ketones is 1. The van der Waals surface area contributed by atoms with Crippen LogP contribution in [0.1, 0.15) is 29.8 Å². The van der Waals surface area contributed by atoms with Crippen LogP contribution in [0.4, 0.5) is 11.4 Å². The number of nitrogens with zero attached hydrogens (tertiary/aromatic N) is 3. The number of pyridine rings is 1. The fourth-order valence-corrected chi connectivity index (χ4v) is 2.76. The predicted octanol–water partition coefficient (Wildman–Crippen LogP) is 2.76. The van der Waals surface area contributed by atoms with E-state index in [1.165, 1.54) is 11.6 Å². The van der Waals surface area contributed by atoms with Crippen LogP contribution in [0.2, 0.25) is 0 Å². The molecule has 0 radical (unpaired) electrons. The predicted molar refractivity (Wildman–Crippen MR) is 103 cm³/mol. The van der Waals surface area contributed by atoms with Gasteiger partial charge in [0.1, 0.15) is 11.4 Å². The van der Waals surface area contributed by atoms with E-state index >= 15 is 0 Å². The summed E-state index contributed by atoms with van der Waals surface area (Å²) in [7, 11) is 0. The molecule has 3 rings (SSSR count). The zero-order chi connectivity index (χ0) is 19.4. The number of aryl methyl sites for hydroxylation is 1. The summed E-state index contributed by atoms with van der Waals surface area (Å²) in [5, 5.41) is 16.6. The van der Waals surface area contributed by atoms with Crippen LogP contribution in [-0.2, 0) is 13.2 Å². The van der Waals surface area contributed by atoms with Gasteiger partial charge in [-0.2, -0.15) is 5.10 Å². The maximum absolute atomic E-state index is 12.9. The van der Waals surface area contributed by atoms with Crippen LogP contribution in [0.15, 0.2) is 53.5 Å². The maximum Gasteiger partial charge on any atom is 0.291 e. The number of rotatable bonds is 6. The summed E-state index contributed by atoms with van der Waals surface area (Å²) in [6.07, 6.45) is 1.61. The van der Waals surface area contributed by atoms with E-state index < -0.39 is 0 Å². The average molecular weight is 364 g/mol. The molecule has 0 aliphatic carbocycles. The van der Waals surface area contributed by atoms with E-state index in [2.05, 4.69) is 15.4 Å². The number of aliphatic hydroxyl groups is 1. The lowest BCUT2D eigenvalue weighted by molar-refractivity contribution is 0.101. The molecule has 2 heterocycles. The lowest BCUT2D eigenvalue weighted by atomic mass is 10.1. The number of Topliss-reactive ketones (excluding diaryl/α,β-unsaturated/α-hetero) is 1. The molecule has 0 fully saturated rings. The molecule has 0 aliphatic rings. The quantitative estimate of drug-likeness (QED) is 0.653. The first kappa shape index (κ1) is 18.5. The average Bonchev–Trinajstić information content (AvgIpc) is 2.70. The van der Waals surface area contributed by atoms with E-state index in [4.69, 9.17) is 0 Å². The van der Waals surface area contributed by atoms with Gasteiger partial charge < -0.3 is 10.4 Å². The molecule has 138 valence electrons. The molecular formula is C20H20N4O3.